The molecule has 35 heavy (non-hydrogen) atoms. The molecule has 1 saturated carbocycles. The zero-order chi connectivity index (χ0) is 24.4. The smallest absolute Gasteiger partial charge is 0.407 e. The number of alkyl carbamates (subject to hydrolysis) is 1. The lowest BCUT2D eigenvalue weighted by Crippen LogP contribution is -2.51. The number of carboxylic acid groups (broad SMARTS) is 1. The Balaban J connectivity index is 1.17. The number of carboxylic acids is 1. The molecule has 2 aromatic rings. The second-order valence-corrected chi connectivity index (χ2v) is 9.56. The Morgan fingerprint density at radius 1 is 0.943 bits per heavy atom. The van der Waals surface area contributed by atoms with E-state index in [0.29, 0.717) is 25.9 Å². The van der Waals surface area contributed by atoms with Gasteiger partial charge in [-0.1, -0.05) is 55.0 Å². The van der Waals surface area contributed by atoms with Gasteiger partial charge in [-0.2, -0.15) is 0 Å². The van der Waals surface area contributed by atoms with E-state index in [2.05, 4.69) is 34.9 Å². The fraction of sp³-hybridized carbons (Fsp3) is 0.444. The third-order valence-electron chi connectivity index (χ3n) is 7.37. The third-order valence-corrected chi connectivity index (χ3v) is 7.37. The highest BCUT2D eigenvalue weighted by Gasteiger charge is 2.38. The maximum absolute atomic E-state index is 12.8. The van der Waals surface area contributed by atoms with Gasteiger partial charge in [0.25, 0.3) is 5.91 Å². The number of hydrogen-bond acceptors (Lipinski definition) is 5. The number of hydrogen-bond donors (Lipinski definition) is 3. The molecular formula is C27H30N2O6. The van der Waals surface area contributed by atoms with Crippen LogP contribution < -0.4 is 10.6 Å². The van der Waals surface area contributed by atoms with Gasteiger partial charge in [0.2, 0.25) is 0 Å². The fourth-order valence-corrected chi connectivity index (χ4v) is 5.62. The molecule has 4 atom stereocenters. The van der Waals surface area contributed by atoms with Crippen LogP contribution in [0.25, 0.3) is 11.1 Å². The maximum atomic E-state index is 12.8. The number of amides is 2. The van der Waals surface area contributed by atoms with Crippen LogP contribution >= 0.6 is 0 Å². The largest absolute Gasteiger partial charge is 0.481 e. The molecule has 5 rings (SSSR count). The van der Waals surface area contributed by atoms with Crippen LogP contribution in [0.15, 0.2) is 48.5 Å². The van der Waals surface area contributed by atoms with Crippen molar-refractivity contribution >= 4 is 18.0 Å². The molecule has 1 saturated heterocycles. The van der Waals surface area contributed by atoms with Crippen LogP contribution in [0.2, 0.25) is 0 Å². The number of ether oxygens (including phenoxy) is 2. The van der Waals surface area contributed by atoms with Crippen molar-refractivity contribution in [1.82, 2.24) is 10.6 Å². The van der Waals surface area contributed by atoms with Gasteiger partial charge in [0.15, 0.2) is 6.10 Å². The second kappa shape index (κ2) is 10.1. The zero-order valence-corrected chi connectivity index (χ0v) is 19.4. The lowest BCUT2D eigenvalue weighted by molar-refractivity contribution is -0.143. The molecule has 2 amide bonds. The van der Waals surface area contributed by atoms with Gasteiger partial charge in [-0.15, -0.1) is 0 Å². The first kappa shape index (κ1) is 23.4. The molecule has 2 fully saturated rings. The summed E-state index contributed by atoms with van der Waals surface area (Å²) in [7, 11) is 0. The van der Waals surface area contributed by atoms with Crippen molar-refractivity contribution in [3.63, 3.8) is 0 Å². The zero-order valence-electron chi connectivity index (χ0n) is 19.4. The average molecular weight is 479 g/mol. The Kier molecular flexibility index (Phi) is 6.72. The Morgan fingerprint density at radius 3 is 2.31 bits per heavy atom. The van der Waals surface area contributed by atoms with Crippen molar-refractivity contribution < 1.29 is 29.0 Å². The highest BCUT2D eigenvalue weighted by atomic mass is 16.6. The number of nitrogens with one attached hydrogen (secondary N) is 2. The predicted octanol–water partition coefficient (Wildman–Crippen LogP) is 3.44. The molecule has 2 unspecified atom stereocenters. The number of aliphatic carboxylic acids is 1. The first-order valence-electron chi connectivity index (χ1n) is 12.3. The Bertz CT molecular complexity index is 1070. The summed E-state index contributed by atoms with van der Waals surface area (Å²) in [5, 5.41) is 15.0. The monoisotopic (exact) mass is 478 g/mol. The van der Waals surface area contributed by atoms with Gasteiger partial charge in [-0.3, -0.25) is 9.59 Å². The fourth-order valence-electron chi connectivity index (χ4n) is 5.62. The predicted molar refractivity (Wildman–Crippen MR) is 128 cm³/mol. The molecule has 0 bridgehead atoms. The Labute approximate surface area is 204 Å². The third kappa shape index (κ3) is 4.89. The van der Waals surface area contributed by atoms with E-state index in [1.165, 1.54) is 0 Å². The number of rotatable bonds is 6. The molecule has 3 N–H and O–H groups in total. The highest BCUT2D eigenvalue weighted by Crippen LogP contribution is 2.44. The number of fused-ring (bicyclic) bond motifs is 3. The standard InChI is InChI=1S/C27H30N2O6/c30-25(28-17-7-5-6-16(14-17)26(31)32)24-23(12-13-34-24)29-27(33)35-15-22-20-10-3-1-8-18(20)19-9-2-4-11-21(19)22/h1-4,8-11,16-17,22-24H,5-7,12-15H2,(H,28,30)(H,29,33)(H,31,32)/t16-,17+,23?,24?/m0/s1. The molecule has 0 aromatic heterocycles. The summed E-state index contributed by atoms with van der Waals surface area (Å²) in [4.78, 5) is 36.8. The van der Waals surface area contributed by atoms with E-state index in [9.17, 15) is 19.5 Å². The van der Waals surface area contributed by atoms with E-state index >= 15 is 0 Å². The Hall–Kier alpha value is -3.39. The summed E-state index contributed by atoms with van der Waals surface area (Å²) < 4.78 is 11.2. The molecule has 2 aliphatic carbocycles. The first-order valence-corrected chi connectivity index (χ1v) is 12.3. The van der Waals surface area contributed by atoms with Crippen molar-refractivity contribution in [2.75, 3.05) is 13.2 Å². The second-order valence-electron chi connectivity index (χ2n) is 9.56. The van der Waals surface area contributed by atoms with Gasteiger partial charge in [0.1, 0.15) is 6.61 Å². The van der Waals surface area contributed by atoms with Crippen molar-refractivity contribution in [3.8, 4) is 11.1 Å². The molecule has 1 heterocycles. The van der Waals surface area contributed by atoms with E-state index in [4.69, 9.17) is 9.47 Å². The summed E-state index contributed by atoms with van der Waals surface area (Å²) in [6.07, 6.45) is 1.66. The van der Waals surface area contributed by atoms with Gasteiger partial charge < -0.3 is 25.2 Å². The van der Waals surface area contributed by atoms with Gasteiger partial charge in [0, 0.05) is 18.6 Å². The van der Waals surface area contributed by atoms with Crippen LogP contribution in [0.1, 0.15) is 49.1 Å². The highest BCUT2D eigenvalue weighted by molar-refractivity contribution is 5.83. The van der Waals surface area contributed by atoms with Gasteiger partial charge in [-0.25, -0.2) is 4.79 Å². The van der Waals surface area contributed by atoms with Gasteiger partial charge in [0.05, 0.1) is 12.0 Å². The molecule has 8 heteroatoms. The molecular weight excluding hydrogens is 448 g/mol. The minimum atomic E-state index is -0.823. The maximum Gasteiger partial charge on any atom is 0.407 e. The minimum absolute atomic E-state index is 0.0412. The minimum Gasteiger partial charge on any atom is -0.481 e. The van der Waals surface area contributed by atoms with Crippen molar-refractivity contribution in [2.24, 2.45) is 5.92 Å². The first-order chi connectivity index (χ1) is 17.0. The van der Waals surface area contributed by atoms with Crippen LogP contribution in [-0.2, 0) is 19.1 Å². The summed E-state index contributed by atoms with van der Waals surface area (Å²) in [6.45, 7) is 0.553. The van der Waals surface area contributed by atoms with Crippen molar-refractivity contribution in [1.29, 1.82) is 0 Å². The SMILES string of the molecule is O=C(NC1CCOC1C(=O)N[C@@H]1CCC[C@H](C(=O)O)C1)OCC1c2ccccc2-c2ccccc21. The van der Waals surface area contributed by atoms with Gasteiger partial charge in [-0.05, 0) is 47.9 Å². The van der Waals surface area contributed by atoms with Crippen molar-refractivity contribution in [3.05, 3.63) is 59.7 Å². The quantitative estimate of drug-likeness (QED) is 0.586. The summed E-state index contributed by atoms with van der Waals surface area (Å²) >= 11 is 0. The topological polar surface area (TPSA) is 114 Å². The Morgan fingerprint density at radius 2 is 1.63 bits per heavy atom. The average Bonchev–Trinajstić information content (AvgIpc) is 3.45. The summed E-state index contributed by atoms with van der Waals surface area (Å²) in [5.41, 5.74) is 4.59. The van der Waals surface area contributed by atoms with Crippen LogP contribution in [0, 0.1) is 5.92 Å². The molecule has 0 spiro atoms. The molecule has 8 nitrogen and oxygen atoms in total. The summed E-state index contributed by atoms with van der Waals surface area (Å²) in [6, 6.07) is 15.6. The van der Waals surface area contributed by atoms with Crippen LogP contribution in [0.4, 0.5) is 4.79 Å². The van der Waals surface area contributed by atoms with E-state index in [0.717, 1.165) is 35.1 Å². The van der Waals surface area contributed by atoms with E-state index in [1.54, 1.807) is 0 Å². The van der Waals surface area contributed by atoms with Crippen molar-refractivity contribution in [2.45, 2.75) is 56.2 Å². The molecule has 0 radical (unpaired) electrons. The molecule has 2 aromatic carbocycles. The normalized spacial score (nSPS) is 25.4. The summed E-state index contributed by atoms with van der Waals surface area (Å²) in [5.74, 6) is -1.62. The van der Waals surface area contributed by atoms with Crippen LogP contribution in [0.5, 0.6) is 0 Å². The van der Waals surface area contributed by atoms with Crippen LogP contribution in [0.3, 0.4) is 0 Å². The van der Waals surface area contributed by atoms with E-state index in [-0.39, 0.29) is 24.5 Å². The van der Waals surface area contributed by atoms with Gasteiger partial charge >= 0.3 is 12.1 Å². The van der Waals surface area contributed by atoms with E-state index < -0.39 is 30.1 Å². The number of carbonyl (C=O) groups excluding carboxylic acids is 2. The molecule has 1 aliphatic heterocycles. The number of carbonyl (C=O) groups is 3. The lowest BCUT2D eigenvalue weighted by atomic mass is 9.85. The molecule has 184 valence electrons. The molecule has 3 aliphatic rings. The lowest BCUT2D eigenvalue weighted by Gasteiger charge is -2.29. The van der Waals surface area contributed by atoms with Crippen LogP contribution in [-0.4, -0.2) is 54.5 Å². The number of benzene rings is 2. The van der Waals surface area contributed by atoms with E-state index in [1.807, 2.05) is 24.3 Å².